The number of hydrogen-bond acceptors (Lipinski definition) is 3. The Morgan fingerprint density at radius 1 is 1.33 bits per heavy atom. The molecule has 3 nitrogen and oxygen atoms in total. The molecule has 0 N–H and O–H groups in total. The van der Waals surface area contributed by atoms with Crippen molar-refractivity contribution < 1.29 is 0 Å². The molecule has 0 atom stereocenters. The van der Waals surface area contributed by atoms with E-state index in [2.05, 4.69) is 9.97 Å². The molecule has 3 heteroatoms. The van der Waals surface area contributed by atoms with Crippen molar-refractivity contribution in [3.8, 4) is 6.07 Å². The van der Waals surface area contributed by atoms with Gasteiger partial charge in [0.05, 0.1) is 5.56 Å². The molecule has 0 saturated heterocycles. The van der Waals surface area contributed by atoms with Crippen LogP contribution in [0.25, 0.3) is 0 Å². The third-order valence-corrected chi connectivity index (χ3v) is 1.15. The second-order valence-corrected chi connectivity index (χ2v) is 1.85. The summed E-state index contributed by atoms with van der Waals surface area (Å²) >= 11 is 0. The Kier molecular flexibility index (Phi) is 5.54. The largest absolute Gasteiger partial charge is 0.240 e. The molecule has 64 valence electrons. The number of aryl methyl sites for hydroxylation is 1. The minimum absolute atomic E-state index is 0.511. The van der Waals surface area contributed by atoms with Gasteiger partial charge < -0.3 is 0 Å². The molecule has 0 aliphatic heterocycles. The van der Waals surface area contributed by atoms with Crippen molar-refractivity contribution in [2.24, 2.45) is 0 Å². The van der Waals surface area contributed by atoms with Gasteiger partial charge in [0, 0.05) is 18.8 Å². The summed E-state index contributed by atoms with van der Waals surface area (Å²) in [6.07, 6.45) is 3.88. The lowest BCUT2D eigenvalue weighted by Gasteiger charge is -1.91. The van der Waals surface area contributed by atoms with Crippen LogP contribution in [0.3, 0.4) is 0 Å². The van der Waals surface area contributed by atoms with Gasteiger partial charge in [-0.2, -0.15) is 5.26 Å². The molecule has 0 spiro atoms. The van der Waals surface area contributed by atoms with Gasteiger partial charge in [0.2, 0.25) is 0 Å². The van der Waals surface area contributed by atoms with E-state index >= 15 is 0 Å². The van der Waals surface area contributed by atoms with Crippen molar-refractivity contribution in [1.29, 1.82) is 5.26 Å². The SMILES string of the molecule is CC.CCc1ncc(C#N)cn1. The Hall–Kier alpha value is -1.43. The van der Waals surface area contributed by atoms with Crippen LogP contribution in [0, 0.1) is 11.3 Å². The third kappa shape index (κ3) is 3.11. The maximum Gasteiger partial charge on any atom is 0.128 e. The fourth-order valence-corrected chi connectivity index (χ4v) is 0.595. The Balaban J connectivity index is 0.000000561. The van der Waals surface area contributed by atoms with Crippen LogP contribution in [0.2, 0.25) is 0 Å². The van der Waals surface area contributed by atoms with Gasteiger partial charge in [0.25, 0.3) is 0 Å². The van der Waals surface area contributed by atoms with E-state index in [9.17, 15) is 0 Å². The van der Waals surface area contributed by atoms with E-state index in [1.807, 2.05) is 26.8 Å². The van der Waals surface area contributed by atoms with Crippen molar-refractivity contribution in [1.82, 2.24) is 9.97 Å². The Bertz CT molecular complexity index is 245. The summed E-state index contributed by atoms with van der Waals surface area (Å²) in [4.78, 5) is 7.87. The molecule has 0 unspecified atom stereocenters. The van der Waals surface area contributed by atoms with Gasteiger partial charge in [-0.15, -0.1) is 0 Å². The van der Waals surface area contributed by atoms with Crippen molar-refractivity contribution >= 4 is 0 Å². The molecule has 1 rings (SSSR count). The highest BCUT2D eigenvalue weighted by Crippen LogP contribution is 1.93. The predicted molar refractivity (Wildman–Crippen MR) is 47.5 cm³/mol. The third-order valence-electron chi connectivity index (χ3n) is 1.15. The van der Waals surface area contributed by atoms with Crippen molar-refractivity contribution in [3.05, 3.63) is 23.8 Å². The fraction of sp³-hybridized carbons (Fsp3) is 0.444. The molecule has 1 aromatic heterocycles. The lowest BCUT2D eigenvalue weighted by Crippen LogP contribution is -1.91. The molecule has 1 heterocycles. The Morgan fingerprint density at radius 3 is 2.17 bits per heavy atom. The van der Waals surface area contributed by atoms with Gasteiger partial charge in [-0.3, -0.25) is 0 Å². The van der Waals surface area contributed by atoms with E-state index < -0.39 is 0 Å². The zero-order chi connectivity index (χ0) is 9.40. The van der Waals surface area contributed by atoms with E-state index in [1.54, 1.807) is 0 Å². The quantitative estimate of drug-likeness (QED) is 0.635. The molecule has 0 radical (unpaired) electrons. The molecule has 0 aromatic carbocycles. The summed E-state index contributed by atoms with van der Waals surface area (Å²) in [7, 11) is 0. The van der Waals surface area contributed by atoms with Crippen LogP contribution in [0.15, 0.2) is 12.4 Å². The van der Waals surface area contributed by atoms with E-state index in [4.69, 9.17) is 5.26 Å². The van der Waals surface area contributed by atoms with E-state index in [1.165, 1.54) is 12.4 Å². The smallest absolute Gasteiger partial charge is 0.128 e. The van der Waals surface area contributed by atoms with Gasteiger partial charge in [-0.25, -0.2) is 9.97 Å². The molecule has 1 aromatic rings. The normalized spacial score (nSPS) is 7.83. The molecule has 0 amide bonds. The van der Waals surface area contributed by atoms with Crippen LogP contribution in [-0.2, 0) is 6.42 Å². The average molecular weight is 163 g/mol. The second-order valence-electron chi connectivity index (χ2n) is 1.85. The standard InChI is InChI=1S/C7H7N3.C2H6/c1-2-7-9-4-6(3-8)5-10-7;1-2/h4-5H,2H2,1H3;1-2H3. The highest BCUT2D eigenvalue weighted by Gasteiger charge is 1.91. The lowest BCUT2D eigenvalue weighted by atomic mass is 10.3. The van der Waals surface area contributed by atoms with Crippen LogP contribution in [0.5, 0.6) is 0 Å². The highest BCUT2D eigenvalue weighted by molar-refractivity contribution is 5.21. The number of aromatic nitrogens is 2. The number of rotatable bonds is 1. The lowest BCUT2D eigenvalue weighted by molar-refractivity contribution is 0.935. The Morgan fingerprint density at radius 2 is 1.83 bits per heavy atom. The first-order valence-electron chi connectivity index (χ1n) is 4.08. The topological polar surface area (TPSA) is 49.6 Å². The summed E-state index contributed by atoms with van der Waals surface area (Å²) < 4.78 is 0. The van der Waals surface area contributed by atoms with E-state index in [0.717, 1.165) is 12.2 Å². The predicted octanol–water partition coefficient (Wildman–Crippen LogP) is 1.94. The monoisotopic (exact) mass is 163 g/mol. The van der Waals surface area contributed by atoms with Crippen molar-refractivity contribution in [2.75, 3.05) is 0 Å². The molecular weight excluding hydrogens is 150 g/mol. The summed E-state index contributed by atoms with van der Waals surface area (Å²) in [5, 5.41) is 8.37. The average Bonchev–Trinajstić information content (AvgIpc) is 2.21. The van der Waals surface area contributed by atoms with Crippen LogP contribution in [-0.4, -0.2) is 9.97 Å². The summed E-state index contributed by atoms with van der Waals surface area (Å²) in [5.74, 6) is 0.777. The molecule has 0 saturated carbocycles. The van der Waals surface area contributed by atoms with Gasteiger partial charge in [0.15, 0.2) is 0 Å². The molecule has 0 aliphatic carbocycles. The fourth-order valence-electron chi connectivity index (χ4n) is 0.595. The van der Waals surface area contributed by atoms with E-state index in [0.29, 0.717) is 5.56 Å². The Labute approximate surface area is 73.1 Å². The molecule has 0 bridgehead atoms. The van der Waals surface area contributed by atoms with Crippen LogP contribution in [0.4, 0.5) is 0 Å². The van der Waals surface area contributed by atoms with E-state index in [-0.39, 0.29) is 0 Å². The first-order chi connectivity index (χ1) is 5.86. The summed E-state index contributed by atoms with van der Waals surface area (Å²) in [5.41, 5.74) is 0.511. The van der Waals surface area contributed by atoms with Gasteiger partial charge in [-0.1, -0.05) is 20.8 Å². The minimum atomic E-state index is 0.511. The highest BCUT2D eigenvalue weighted by atomic mass is 14.9. The van der Waals surface area contributed by atoms with Crippen molar-refractivity contribution in [3.63, 3.8) is 0 Å². The van der Waals surface area contributed by atoms with Crippen LogP contribution < -0.4 is 0 Å². The zero-order valence-electron chi connectivity index (χ0n) is 7.70. The number of nitriles is 1. The first-order valence-corrected chi connectivity index (χ1v) is 4.08. The van der Waals surface area contributed by atoms with Gasteiger partial charge >= 0.3 is 0 Å². The molecular formula is C9H13N3. The summed E-state index contributed by atoms with van der Waals surface area (Å²) in [6, 6.07) is 1.95. The maximum absolute atomic E-state index is 8.37. The van der Waals surface area contributed by atoms with Crippen LogP contribution >= 0.6 is 0 Å². The van der Waals surface area contributed by atoms with Gasteiger partial charge in [0.1, 0.15) is 11.9 Å². The number of nitrogens with zero attached hydrogens (tertiary/aromatic N) is 3. The van der Waals surface area contributed by atoms with Crippen LogP contribution in [0.1, 0.15) is 32.2 Å². The van der Waals surface area contributed by atoms with Gasteiger partial charge in [-0.05, 0) is 0 Å². The number of hydrogen-bond donors (Lipinski definition) is 0. The molecule has 0 fully saturated rings. The minimum Gasteiger partial charge on any atom is -0.240 e. The second kappa shape index (κ2) is 6.29. The zero-order valence-corrected chi connectivity index (χ0v) is 7.70. The molecule has 12 heavy (non-hydrogen) atoms. The molecule has 0 aliphatic rings. The van der Waals surface area contributed by atoms with Crippen molar-refractivity contribution in [2.45, 2.75) is 27.2 Å². The summed E-state index contributed by atoms with van der Waals surface area (Å²) in [6.45, 7) is 5.97. The maximum atomic E-state index is 8.37. The first kappa shape index (κ1) is 10.6.